The fraction of sp³-hybridized carbons (Fsp3) is 0.400. The van der Waals surface area contributed by atoms with Crippen molar-refractivity contribution in [2.75, 3.05) is 12.4 Å². The molecule has 9 heteroatoms. The Morgan fingerprint density at radius 2 is 1.64 bits per heavy atom. The maximum Gasteiger partial charge on any atom is 0.408 e. The van der Waals surface area contributed by atoms with Crippen LogP contribution in [-0.4, -0.2) is 52.7 Å². The second-order valence-corrected chi connectivity index (χ2v) is 12.6. The van der Waals surface area contributed by atoms with E-state index in [1.165, 1.54) is 12.1 Å². The van der Waals surface area contributed by atoms with Crippen LogP contribution < -0.4 is 15.4 Å². The minimum Gasteiger partial charge on any atom is -0.508 e. The highest BCUT2D eigenvalue weighted by molar-refractivity contribution is 5.99. The first-order valence-corrected chi connectivity index (χ1v) is 14.9. The van der Waals surface area contributed by atoms with Crippen molar-refractivity contribution < 1.29 is 29.0 Å². The highest BCUT2D eigenvalue weighted by Gasteiger charge is 2.48. The number of nitrogens with one attached hydrogen (secondary N) is 2. The molecule has 234 valence electrons. The predicted molar refractivity (Wildman–Crippen MR) is 170 cm³/mol. The molecule has 0 aromatic heterocycles. The number of methoxy groups -OCH3 is 1. The third-order valence-electron chi connectivity index (χ3n) is 7.65. The molecule has 1 saturated carbocycles. The van der Waals surface area contributed by atoms with Crippen molar-refractivity contribution in [1.82, 2.24) is 10.2 Å². The fourth-order valence-electron chi connectivity index (χ4n) is 5.30. The van der Waals surface area contributed by atoms with Gasteiger partial charge in [0.25, 0.3) is 5.91 Å². The number of carbonyl (C=O) groups is 3. The van der Waals surface area contributed by atoms with Crippen LogP contribution in [-0.2, 0) is 20.7 Å². The van der Waals surface area contributed by atoms with E-state index in [0.717, 1.165) is 23.1 Å². The monoisotopic (exact) mass is 601 g/mol. The van der Waals surface area contributed by atoms with Gasteiger partial charge in [-0.1, -0.05) is 42.8 Å². The molecule has 1 fully saturated rings. The summed E-state index contributed by atoms with van der Waals surface area (Å²) in [5.74, 6) is 0.151. The number of anilines is 1. The molecule has 0 radical (unpaired) electrons. The van der Waals surface area contributed by atoms with Crippen LogP contribution in [0.4, 0.5) is 10.5 Å². The van der Waals surface area contributed by atoms with Crippen LogP contribution >= 0.6 is 0 Å². The molecule has 0 saturated heterocycles. The van der Waals surface area contributed by atoms with Crippen LogP contribution in [0.25, 0.3) is 0 Å². The van der Waals surface area contributed by atoms with Gasteiger partial charge in [0.05, 0.1) is 7.11 Å². The summed E-state index contributed by atoms with van der Waals surface area (Å²) in [4.78, 5) is 43.6. The second-order valence-electron chi connectivity index (χ2n) is 12.6. The van der Waals surface area contributed by atoms with Gasteiger partial charge in [-0.15, -0.1) is 0 Å². The zero-order valence-corrected chi connectivity index (χ0v) is 26.5. The Kier molecular flexibility index (Phi) is 9.87. The van der Waals surface area contributed by atoms with Crippen LogP contribution in [0, 0.1) is 19.8 Å². The summed E-state index contributed by atoms with van der Waals surface area (Å²) in [6.07, 6.45) is 0.126. The molecule has 4 unspecified atom stereocenters. The normalized spacial score (nSPS) is 17.2. The molecule has 3 aromatic carbocycles. The Morgan fingerprint density at radius 3 is 2.18 bits per heavy atom. The van der Waals surface area contributed by atoms with Gasteiger partial charge < -0.3 is 30.1 Å². The minimum atomic E-state index is -1.04. The molecule has 0 aliphatic heterocycles. The number of amides is 3. The van der Waals surface area contributed by atoms with Crippen molar-refractivity contribution >= 4 is 23.6 Å². The smallest absolute Gasteiger partial charge is 0.408 e. The quantitative estimate of drug-likeness (QED) is 0.260. The zero-order chi connectivity index (χ0) is 32.2. The van der Waals surface area contributed by atoms with Crippen LogP contribution in [0.2, 0.25) is 0 Å². The number of alkyl carbamates (subject to hydrolysis) is 1. The van der Waals surface area contributed by atoms with E-state index in [9.17, 15) is 19.5 Å². The van der Waals surface area contributed by atoms with Crippen LogP contribution in [0.15, 0.2) is 66.7 Å². The van der Waals surface area contributed by atoms with Crippen molar-refractivity contribution in [3.63, 3.8) is 0 Å². The molecule has 3 N–H and O–H groups in total. The van der Waals surface area contributed by atoms with Gasteiger partial charge in [0, 0.05) is 18.2 Å². The topological polar surface area (TPSA) is 117 Å². The number of aryl methyl sites for hydroxylation is 2. The molecule has 4 atom stereocenters. The number of benzene rings is 3. The zero-order valence-electron chi connectivity index (χ0n) is 26.5. The Morgan fingerprint density at radius 1 is 1.00 bits per heavy atom. The number of phenolic OH excluding ortho intramolecular Hbond substituents is 1. The van der Waals surface area contributed by atoms with Gasteiger partial charge in [-0.2, -0.15) is 0 Å². The van der Waals surface area contributed by atoms with E-state index in [4.69, 9.17) is 9.47 Å². The second kappa shape index (κ2) is 13.4. The first kappa shape index (κ1) is 32.4. The number of aromatic hydroxyl groups is 1. The molecule has 1 aliphatic carbocycles. The third-order valence-corrected chi connectivity index (χ3v) is 7.65. The number of carbonyl (C=O) groups excluding carboxylic acids is 3. The van der Waals surface area contributed by atoms with Crippen molar-refractivity contribution in [1.29, 1.82) is 0 Å². The summed E-state index contributed by atoms with van der Waals surface area (Å²) >= 11 is 0. The summed E-state index contributed by atoms with van der Waals surface area (Å²) < 4.78 is 10.8. The summed E-state index contributed by atoms with van der Waals surface area (Å²) in [6.45, 7) is 11.2. The molecular formula is C35H43N3O6. The fourth-order valence-corrected chi connectivity index (χ4v) is 5.30. The summed E-state index contributed by atoms with van der Waals surface area (Å²) in [7, 11) is 1.57. The van der Waals surface area contributed by atoms with E-state index >= 15 is 0 Å². The Balaban J connectivity index is 1.76. The lowest BCUT2D eigenvalue weighted by Crippen LogP contribution is -2.54. The molecule has 1 aliphatic rings. The Labute approximate surface area is 259 Å². The first-order chi connectivity index (χ1) is 20.8. The van der Waals surface area contributed by atoms with Crippen LogP contribution in [0.5, 0.6) is 11.5 Å². The number of hydrogen-bond donors (Lipinski definition) is 3. The van der Waals surface area contributed by atoms with Crippen molar-refractivity contribution in [3.8, 4) is 11.5 Å². The standard InChI is InChI=1S/C35H43N3O6/c1-21-8-17-28(22(2)18-21)31(32(40)36-25-11-15-27(43-7)16-12-25)38(30-19-23(30)3)33(41)29(37-34(42)44-35(4,5)6)20-24-9-13-26(39)14-10-24/h8-18,23,29-31,39H,19-20H2,1-7H3,(H,36,40)(H,37,42). The summed E-state index contributed by atoms with van der Waals surface area (Å²) in [5.41, 5.74) is 3.13. The maximum atomic E-state index is 14.7. The van der Waals surface area contributed by atoms with E-state index in [0.29, 0.717) is 17.0 Å². The van der Waals surface area contributed by atoms with Gasteiger partial charge in [0.15, 0.2) is 0 Å². The number of phenols is 1. The number of ether oxygens (including phenoxy) is 2. The largest absolute Gasteiger partial charge is 0.508 e. The SMILES string of the molecule is COc1ccc(NC(=O)C(c2ccc(C)cc2C)N(C(=O)C(Cc2ccc(O)cc2)NC(=O)OC(C)(C)C)C2CC2C)cc1. The van der Waals surface area contributed by atoms with E-state index in [1.54, 1.807) is 69.2 Å². The Bertz CT molecular complexity index is 1480. The molecule has 0 spiro atoms. The summed E-state index contributed by atoms with van der Waals surface area (Å²) in [5, 5.41) is 15.6. The van der Waals surface area contributed by atoms with Gasteiger partial charge in [0.1, 0.15) is 29.2 Å². The molecule has 44 heavy (non-hydrogen) atoms. The minimum absolute atomic E-state index is 0.0928. The van der Waals surface area contributed by atoms with Crippen molar-refractivity contribution in [2.45, 2.75) is 78.1 Å². The lowest BCUT2D eigenvalue weighted by molar-refractivity contribution is -0.141. The van der Waals surface area contributed by atoms with Crippen LogP contribution in [0.1, 0.15) is 62.4 Å². The van der Waals surface area contributed by atoms with E-state index in [2.05, 4.69) is 10.6 Å². The highest BCUT2D eigenvalue weighted by Crippen LogP contribution is 2.42. The molecule has 0 bridgehead atoms. The van der Waals surface area contributed by atoms with Gasteiger partial charge in [-0.25, -0.2) is 4.79 Å². The Hall–Kier alpha value is -4.53. The molecule has 3 amide bonds. The van der Waals surface area contributed by atoms with E-state index < -0.39 is 29.7 Å². The molecule has 9 nitrogen and oxygen atoms in total. The highest BCUT2D eigenvalue weighted by atomic mass is 16.6. The van der Waals surface area contributed by atoms with E-state index in [1.807, 2.05) is 39.0 Å². The lowest BCUT2D eigenvalue weighted by Gasteiger charge is -2.35. The number of hydrogen-bond acceptors (Lipinski definition) is 6. The average Bonchev–Trinajstić information content (AvgIpc) is 3.67. The molecule has 4 rings (SSSR count). The number of rotatable bonds is 10. The summed E-state index contributed by atoms with van der Waals surface area (Å²) in [6, 6.07) is 17.1. The molecule has 3 aromatic rings. The molecular weight excluding hydrogens is 558 g/mol. The van der Waals surface area contributed by atoms with Crippen LogP contribution in [0.3, 0.4) is 0 Å². The van der Waals surface area contributed by atoms with Gasteiger partial charge >= 0.3 is 6.09 Å². The lowest BCUT2D eigenvalue weighted by atomic mass is 9.95. The number of nitrogens with zero attached hydrogens (tertiary/aromatic N) is 1. The third kappa shape index (κ3) is 8.30. The van der Waals surface area contributed by atoms with Gasteiger partial charge in [-0.05, 0) is 100 Å². The first-order valence-electron chi connectivity index (χ1n) is 14.9. The average molecular weight is 602 g/mol. The van der Waals surface area contributed by atoms with E-state index in [-0.39, 0.29) is 30.0 Å². The predicted octanol–water partition coefficient (Wildman–Crippen LogP) is 6.07. The van der Waals surface area contributed by atoms with Gasteiger partial charge in [0.2, 0.25) is 5.91 Å². The van der Waals surface area contributed by atoms with Crippen molar-refractivity contribution in [3.05, 3.63) is 89.0 Å². The van der Waals surface area contributed by atoms with Gasteiger partial charge in [-0.3, -0.25) is 9.59 Å². The van der Waals surface area contributed by atoms with Crippen molar-refractivity contribution in [2.24, 2.45) is 5.92 Å². The molecule has 0 heterocycles. The maximum absolute atomic E-state index is 14.7.